The first-order chi connectivity index (χ1) is 7.83. The summed E-state index contributed by atoms with van der Waals surface area (Å²) in [4.78, 5) is 12.2. The summed E-state index contributed by atoms with van der Waals surface area (Å²) in [7, 11) is 0. The Bertz CT molecular complexity index is 439. The lowest BCUT2D eigenvalue weighted by molar-refractivity contribution is -0.199. The van der Waals surface area contributed by atoms with Crippen LogP contribution in [-0.4, -0.2) is 27.7 Å². The molecule has 0 aliphatic heterocycles. The third-order valence-electron chi connectivity index (χ3n) is 5.64. The first-order valence-electron chi connectivity index (χ1n) is 6.51. The van der Waals surface area contributed by atoms with Crippen LogP contribution in [0.25, 0.3) is 0 Å². The number of aliphatic hydroxyl groups is 2. The van der Waals surface area contributed by atoms with Gasteiger partial charge >= 0.3 is 0 Å². The van der Waals surface area contributed by atoms with Crippen LogP contribution in [0.15, 0.2) is 11.1 Å². The molecule has 0 aromatic rings. The minimum atomic E-state index is -0.884. The van der Waals surface area contributed by atoms with Gasteiger partial charge in [0.1, 0.15) is 0 Å². The molecule has 1 fully saturated rings. The molecule has 0 spiro atoms. The standard InChI is InChI=1S/C14H20O3/c1-7-6-9-10(11(7)15)13(3)4-5-14(13,17)8(2)12(9)16/h7-8,12,16-17H,4-6H2,1-3H3/t7-,8+,12+,13+,14+/m0/s1. The molecule has 0 saturated heterocycles. The Balaban J connectivity index is 2.18. The molecule has 3 nitrogen and oxygen atoms in total. The van der Waals surface area contributed by atoms with Crippen molar-refractivity contribution < 1.29 is 15.0 Å². The maximum Gasteiger partial charge on any atom is 0.162 e. The molecule has 1 saturated carbocycles. The van der Waals surface area contributed by atoms with Gasteiger partial charge in [-0.3, -0.25) is 4.79 Å². The van der Waals surface area contributed by atoms with Crippen LogP contribution in [0.4, 0.5) is 0 Å². The molecule has 3 rings (SSSR count). The van der Waals surface area contributed by atoms with E-state index < -0.39 is 17.1 Å². The van der Waals surface area contributed by atoms with E-state index in [-0.39, 0.29) is 17.6 Å². The Morgan fingerprint density at radius 3 is 2.47 bits per heavy atom. The van der Waals surface area contributed by atoms with Crippen LogP contribution in [0.2, 0.25) is 0 Å². The fourth-order valence-electron chi connectivity index (χ4n) is 4.21. The number of carbonyl (C=O) groups is 1. The maximum absolute atomic E-state index is 12.2. The van der Waals surface area contributed by atoms with Crippen LogP contribution in [0.1, 0.15) is 40.0 Å². The molecular weight excluding hydrogens is 216 g/mol. The van der Waals surface area contributed by atoms with Gasteiger partial charge in [0, 0.05) is 22.8 Å². The SMILES string of the molecule is C[C@@H]1[C@@H](O)C2=C(C(=O)[C@@H](C)C2)[C@@]2(C)CC[C@@]12O. The van der Waals surface area contributed by atoms with Gasteiger partial charge in [-0.15, -0.1) is 0 Å². The van der Waals surface area contributed by atoms with Gasteiger partial charge in [0.2, 0.25) is 0 Å². The number of fused-ring (bicyclic) bond motifs is 2. The molecular formula is C14H20O3. The van der Waals surface area contributed by atoms with Crippen molar-refractivity contribution in [3.05, 3.63) is 11.1 Å². The predicted molar refractivity (Wildman–Crippen MR) is 63.3 cm³/mol. The minimum Gasteiger partial charge on any atom is -0.389 e. The van der Waals surface area contributed by atoms with Gasteiger partial charge < -0.3 is 10.2 Å². The van der Waals surface area contributed by atoms with Gasteiger partial charge in [-0.2, -0.15) is 0 Å². The van der Waals surface area contributed by atoms with Crippen LogP contribution >= 0.6 is 0 Å². The Morgan fingerprint density at radius 2 is 1.94 bits per heavy atom. The molecule has 0 amide bonds. The zero-order valence-electron chi connectivity index (χ0n) is 10.7. The molecule has 3 aliphatic rings. The van der Waals surface area contributed by atoms with Crippen molar-refractivity contribution >= 4 is 5.78 Å². The number of rotatable bonds is 0. The molecule has 3 heteroatoms. The quantitative estimate of drug-likeness (QED) is 0.669. The first kappa shape index (κ1) is 11.4. The average molecular weight is 236 g/mol. The van der Waals surface area contributed by atoms with Crippen LogP contribution in [-0.2, 0) is 4.79 Å². The molecule has 3 aliphatic carbocycles. The van der Waals surface area contributed by atoms with Crippen LogP contribution in [0, 0.1) is 17.3 Å². The molecule has 0 heterocycles. The summed E-state index contributed by atoms with van der Waals surface area (Å²) in [5.41, 5.74) is 0.361. The summed E-state index contributed by atoms with van der Waals surface area (Å²) in [6.07, 6.45) is 1.58. The number of carbonyl (C=O) groups excluding carboxylic acids is 1. The van der Waals surface area contributed by atoms with Crippen molar-refractivity contribution in [1.29, 1.82) is 0 Å². The second-order valence-electron chi connectivity index (χ2n) is 6.36. The third kappa shape index (κ3) is 1.03. The number of hydrogen-bond acceptors (Lipinski definition) is 3. The topological polar surface area (TPSA) is 57.5 Å². The molecule has 17 heavy (non-hydrogen) atoms. The highest BCUT2D eigenvalue weighted by Gasteiger charge is 2.67. The van der Waals surface area contributed by atoms with E-state index in [4.69, 9.17) is 0 Å². The van der Waals surface area contributed by atoms with E-state index in [1.807, 2.05) is 20.8 Å². The van der Waals surface area contributed by atoms with Gasteiger partial charge in [-0.1, -0.05) is 20.8 Å². The van der Waals surface area contributed by atoms with Crippen molar-refractivity contribution in [3.8, 4) is 0 Å². The molecule has 0 radical (unpaired) electrons. The molecule has 2 N–H and O–H groups in total. The lowest BCUT2D eigenvalue weighted by atomic mass is 9.46. The number of ketones is 1. The van der Waals surface area contributed by atoms with Crippen molar-refractivity contribution in [2.75, 3.05) is 0 Å². The predicted octanol–water partition coefficient (Wildman–Crippen LogP) is 1.43. The second-order valence-corrected chi connectivity index (χ2v) is 6.36. The lowest BCUT2D eigenvalue weighted by Crippen LogP contribution is -2.66. The number of Topliss-reactive ketones (excluding diaryl/α,β-unsaturated/α-hetero) is 1. The van der Waals surface area contributed by atoms with Gasteiger partial charge in [0.05, 0.1) is 11.7 Å². The highest BCUT2D eigenvalue weighted by Crippen LogP contribution is 2.64. The van der Waals surface area contributed by atoms with Gasteiger partial charge in [-0.05, 0) is 24.8 Å². The lowest BCUT2D eigenvalue weighted by Gasteiger charge is -2.61. The smallest absolute Gasteiger partial charge is 0.162 e. The van der Waals surface area contributed by atoms with Crippen molar-refractivity contribution in [2.45, 2.75) is 51.7 Å². The zero-order chi connectivity index (χ0) is 12.6. The summed E-state index contributed by atoms with van der Waals surface area (Å²) in [5, 5.41) is 21.0. The molecule has 0 unspecified atom stereocenters. The maximum atomic E-state index is 12.2. The third-order valence-corrected chi connectivity index (χ3v) is 5.64. The van der Waals surface area contributed by atoms with E-state index in [9.17, 15) is 15.0 Å². The highest BCUT2D eigenvalue weighted by molar-refractivity contribution is 6.02. The summed E-state index contributed by atoms with van der Waals surface area (Å²) in [6, 6.07) is 0. The monoisotopic (exact) mass is 236 g/mol. The Kier molecular flexibility index (Phi) is 2.02. The fourth-order valence-corrected chi connectivity index (χ4v) is 4.21. The first-order valence-corrected chi connectivity index (χ1v) is 6.51. The minimum absolute atomic E-state index is 0.0263. The van der Waals surface area contributed by atoms with Crippen LogP contribution in [0.3, 0.4) is 0 Å². The zero-order valence-corrected chi connectivity index (χ0v) is 10.7. The van der Waals surface area contributed by atoms with E-state index in [0.717, 1.165) is 17.6 Å². The second kappa shape index (κ2) is 3.01. The van der Waals surface area contributed by atoms with E-state index in [1.54, 1.807) is 0 Å². The Morgan fingerprint density at radius 1 is 1.29 bits per heavy atom. The van der Waals surface area contributed by atoms with Gasteiger partial charge in [0.15, 0.2) is 5.78 Å². The number of hydrogen-bond donors (Lipinski definition) is 2. The summed E-state index contributed by atoms with van der Waals surface area (Å²) in [6.45, 7) is 5.81. The van der Waals surface area contributed by atoms with E-state index in [0.29, 0.717) is 12.8 Å². The molecule has 94 valence electrons. The van der Waals surface area contributed by atoms with Crippen molar-refractivity contribution in [2.24, 2.45) is 17.3 Å². The van der Waals surface area contributed by atoms with Crippen LogP contribution < -0.4 is 0 Å². The Hall–Kier alpha value is -0.670. The van der Waals surface area contributed by atoms with Gasteiger partial charge in [-0.25, -0.2) is 0 Å². The largest absolute Gasteiger partial charge is 0.389 e. The summed E-state index contributed by atoms with van der Waals surface area (Å²) < 4.78 is 0. The summed E-state index contributed by atoms with van der Waals surface area (Å²) >= 11 is 0. The molecule has 5 atom stereocenters. The fraction of sp³-hybridized carbons (Fsp3) is 0.786. The highest BCUT2D eigenvalue weighted by atomic mass is 16.3. The van der Waals surface area contributed by atoms with Crippen molar-refractivity contribution in [1.82, 2.24) is 0 Å². The van der Waals surface area contributed by atoms with E-state index >= 15 is 0 Å². The number of aliphatic hydroxyl groups excluding tert-OH is 1. The van der Waals surface area contributed by atoms with E-state index in [1.165, 1.54) is 0 Å². The molecule has 0 aromatic carbocycles. The van der Waals surface area contributed by atoms with Crippen molar-refractivity contribution in [3.63, 3.8) is 0 Å². The molecule has 0 aromatic heterocycles. The Labute approximate surface area is 102 Å². The average Bonchev–Trinajstić information content (AvgIpc) is 2.59. The summed E-state index contributed by atoms with van der Waals surface area (Å²) in [5.74, 6) is -0.0497. The van der Waals surface area contributed by atoms with Crippen LogP contribution in [0.5, 0.6) is 0 Å². The van der Waals surface area contributed by atoms with Gasteiger partial charge in [0.25, 0.3) is 0 Å². The molecule has 0 bridgehead atoms. The van der Waals surface area contributed by atoms with E-state index in [2.05, 4.69) is 0 Å². The normalized spacial score (nSPS) is 53.2.